The van der Waals surface area contributed by atoms with Crippen LogP contribution >= 0.6 is 11.8 Å². The lowest BCUT2D eigenvalue weighted by molar-refractivity contribution is -0.134. The average molecular weight is 203 g/mol. The first kappa shape index (κ1) is 12.4. The lowest BCUT2D eigenvalue weighted by Gasteiger charge is -2.09. The van der Waals surface area contributed by atoms with Crippen LogP contribution in [-0.2, 0) is 9.53 Å². The van der Waals surface area contributed by atoms with Gasteiger partial charge < -0.3 is 10.1 Å². The van der Waals surface area contributed by atoms with E-state index in [9.17, 15) is 4.79 Å². The predicted octanol–water partition coefficient (Wildman–Crippen LogP) is 1.40. The molecule has 0 aromatic heterocycles. The Kier molecular flexibility index (Phi) is 7.59. The van der Waals surface area contributed by atoms with Crippen molar-refractivity contribution in [1.82, 2.24) is 5.32 Å². The van der Waals surface area contributed by atoms with Crippen LogP contribution in [0.1, 0.15) is 13.3 Å². The van der Waals surface area contributed by atoms with E-state index in [1.165, 1.54) is 13.2 Å². The highest BCUT2D eigenvalue weighted by atomic mass is 32.2. The van der Waals surface area contributed by atoms with Gasteiger partial charge in [0.2, 0.25) is 0 Å². The quantitative estimate of drug-likeness (QED) is 0.523. The van der Waals surface area contributed by atoms with Crippen LogP contribution in [0, 0.1) is 0 Å². The van der Waals surface area contributed by atoms with Crippen LogP contribution in [0.3, 0.4) is 0 Å². The summed E-state index contributed by atoms with van der Waals surface area (Å²) in [6.07, 6.45) is 6.19. The zero-order valence-corrected chi connectivity index (χ0v) is 9.19. The van der Waals surface area contributed by atoms with Gasteiger partial charge in [-0.05, 0) is 25.4 Å². The van der Waals surface area contributed by atoms with Gasteiger partial charge in [0.15, 0.2) is 0 Å². The molecule has 0 fully saturated rings. The molecule has 1 unspecified atom stereocenters. The Balaban J connectivity index is 3.50. The Morgan fingerprint density at radius 3 is 2.92 bits per heavy atom. The van der Waals surface area contributed by atoms with Crippen LogP contribution in [-0.4, -0.2) is 31.1 Å². The molecular weight excluding hydrogens is 186 g/mol. The Bertz CT molecular complexity index is 171. The van der Waals surface area contributed by atoms with E-state index in [-0.39, 0.29) is 5.97 Å². The minimum absolute atomic E-state index is 0.329. The smallest absolute Gasteiger partial charge is 0.331 e. The van der Waals surface area contributed by atoms with Gasteiger partial charge in [0, 0.05) is 18.3 Å². The molecule has 0 heterocycles. The maximum absolute atomic E-state index is 10.7. The summed E-state index contributed by atoms with van der Waals surface area (Å²) in [6, 6.07) is 0.397. The van der Waals surface area contributed by atoms with E-state index in [0.29, 0.717) is 6.04 Å². The van der Waals surface area contributed by atoms with Crippen LogP contribution in [0.25, 0.3) is 0 Å². The number of thioether (sulfide) groups is 1. The molecule has 0 saturated heterocycles. The molecule has 0 aromatic carbocycles. The van der Waals surface area contributed by atoms with Gasteiger partial charge in [-0.1, -0.05) is 0 Å². The van der Waals surface area contributed by atoms with Crippen LogP contribution in [0.2, 0.25) is 0 Å². The molecule has 0 aromatic rings. The highest BCUT2D eigenvalue weighted by Gasteiger charge is 1.97. The summed E-state index contributed by atoms with van der Waals surface area (Å²) in [5.41, 5.74) is 0. The minimum atomic E-state index is -0.329. The molecule has 0 bridgehead atoms. The van der Waals surface area contributed by atoms with Gasteiger partial charge in [0.05, 0.1) is 7.11 Å². The van der Waals surface area contributed by atoms with Gasteiger partial charge in [-0.2, -0.15) is 11.8 Å². The summed E-state index contributed by atoms with van der Waals surface area (Å²) in [5, 5.41) is 3.09. The number of carbonyl (C=O) groups excluding carboxylic acids is 1. The Morgan fingerprint density at radius 1 is 1.69 bits per heavy atom. The number of rotatable bonds is 6. The molecular formula is C9H17NO2S. The standard InChI is InChI=1S/C9H17NO2S/c1-8(5-7-13-3)10-6-4-9(11)12-2/h4,6,8,10H,5,7H2,1-3H3/b6-4+. The molecule has 1 atom stereocenters. The molecule has 1 N–H and O–H groups in total. The fraction of sp³-hybridized carbons (Fsp3) is 0.667. The number of nitrogens with one attached hydrogen (secondary N) is 1. The fourth-order valence-corrected chi connectivity index (χ4v) is 1.32. The third-order valence-corrected chi connectivity index (χ3v) is 2.20. The molecule has 0 rings (SSSR count). The van der Waals surface area contributed by atoms with Crippen molar-refractivity contribution in [1.29, 1.82) is 0 Å². The molecule has 0 aliphatic heterocycles. The van der Waals surface area contributed by atoms with Gasteiger partial charge >= 0.3 is 5.97 Å². The Hall–Kier alpha value is -0.640. The second-order valence-corrected chi connectivity index (χ2v) is 3.69. The molecule has 0 amide bonds. The molecule has 3 nitrogen and oxygen atoms in total. The molecule has 0 spiro atoms. The number of hydrogen-bond donors (Lipinski definition) is 1. The zero-order chi connectivity index (χ0) is 10.1. The maximum Gasteiger partial charge on any atom is 0.331 e. The summed E-state index contributed by atoms with van der Waals surface area (Å²) in [6.45, 7) is 2.08. The van der Waals surface area contributed by atoms with Gasteiger partial charge in [0.1, 0.15) is 0 Å². The van der Waals surface area contributed by atoms with Crippen molar-refractivity contribution in [2.24, 2.45) is 0 Å². The normalized spacial score (nSPS) is 12.8. The molecule has 4 heteroatoms. The SMILES string of the molecule is COC(=O)/C=C/NC(C)CCSC. The molecule has 13 heavy (non-hydrogen) atoms. The maximum atomic E-state index is 10.7. The van der Waals surface area contributed by atoms with E-state index < -0.39 is 0 Å². The number of carbonyl (C=O) groups is 1. The van der Waals surface area contributed by atoms with Crippen molar-refractivity contribution in [3.8, 4) is 0 Å². The molecule has 0 aliphatic carbocycles. The van der Waals surface area contributed by atoms with Crippen LogP contribution < -0.4 is 5.32 Å². The highest BCUT2D eigenvalue weighted by Crippen LogP contribution is 1.99. The van der Waals surface area contributed by atoms with E-state index in [2.05, 4.69) is 23.2 Å². The predicted molar refractivity (Wildman–Crippen MR) is 56.8 cm³/mol. The van der Waals surface area contributed by atoms with E-state index in [4.69, 9.17) is 0 Å². The number of esters is 1. The van der Waals surface area contributed by atoms with Crippen LogP contribution in [0.4, 0.5) is 0 Å². The van der Waals surface area contributed by atoms with E-state index in [1.807, 2.05) is 11.8 Å². The molecule has 0 saturated carbocycles. The Labute approximate surface area is 83.9 Å². The van der Waals surface area contributed by atoms with E-state index in [1.54, 1.807) is 6.20 Å². The van der Waals surface area contributed by atoms with Gasteiger partial charge in [0.25, 0.3) is 0 Å². The second-order valence-electron chi connectivity index (χ2n) is 2.71. The molecule has 76 valence electrons. The fourth-order valence-electron chi connectivity index (χ4n) is 0.726. The van der Waals surface area contributed by atoms with E-state index >= 15 is 0 Å². The van der Waals surface area contributed by atoms with Gasteiger partial charge in [-0.25, -0.2) is 4.79 Å². The van der Waals surface area contributed by atoms with E-state index in [0.717, 1.165) is 12.2 Å². The third-order valence-electron chi connectivity index (χ3n) is 1.56. The second kappa shape index (κ2) is 7.98. The third kappa shape index (κ3) is 7.71. The summed E-state index contributed by atoms with van der Waals surface area (Å²) < 4.78 is 4.44. The monoisotopic (exact) mass is 203 g/mol. The largest absolute Gasteiger partial charge is 0.466 e. The van der Waals surface area contributed by atoms with Crippen LogP contribution in [0.5, 0.6) is 0 Å². The number of ether oxygens (including phenoxy) is 1. The zero-order valence-electron chi connectivity index (χ0n) is 8.37. The van der Waals surface area contributed by atoms with Crippen LogP contribution in [0.15, 0.2) is 12.3 Å². The summed E-state index contributed by atoms with van der Waals surface area (Å²) >= 11 is 1.82. The summed E-state index contributed by atoms with van der Waals surface area (Å²) in [7, 11) is 1.36. The average Bonchev–Trinajstić information content (AvgIpc) is 2.14. The van der Waals surface area contributed by atoms with Crippen molar-refractivity contribution >= 4 is 17.7 Å². The van der Waals surface area contributed by atoms with Gasteiger partial charge in [-0.3, -0.25) is 0 Å². The topological polar surface area (TPSA) is 38.3 Å². The molecule has 0 aliphatic rings. The van der Waals surface area contributed by atoms with Crippen molar-refractivity contribution in [3.05, 3.63) is 12.3 Å². The lowest BCUT2D eigenvalue weighted by atomic mass is 10.3. The molecule has 0 radical (unpaired) electrons. The van der Waals surface area contributed by atoms with Crippen molar-refractivity contribution in [2.75, 3.05) is 19.1 Å². The van der Waals surface area contributed by atoms with Crippen molar-refractivity contribution in [3.63, 3.8) is 0 Å². The summed E-state index contributed by atoms with van der Waals surface area (Å²) in [4.78, 5) is 10.7. The lowest BCUT2D eigenvalue weighted by Crippen LogP contribution is -2.21. The number of methoxy groups -OCH3 is 1. The Morgan fingerprint density at radius 2 is 2.38 bits per heavy atom. The highest BCUT2D eigenvalue weighted by molar-refractivity contribution is 7.98. The van der Waals surface area contributed by atoms with Crippen molar-refractivity contribution in [2.45, 2.75) is 19.4 Å². The number of hydrogen-bond acceptors (Lipinski definition) is 4. The van der Waals surface area contributed by atoms with Gasteiger partial charge in [-0.15, -0.1) is 0 Å². The summed E-state index contributed by atoms with van der Waals surface area (Å²) in [5.74, 6) is 0.796. The first-order chi connectivity index (χ1) is 6.20. The first-order valence-electron chi connectivity index (χ1n) is 4.20. The first-order valence-corrected chi connectivity index (χ1v) is 5.59. The minimum Gasteiger partial charge on any atom is -0.466 e. The van der Waals surface area contributed by atoms with Crippen molar-refractivity contribution < 1.29 is 9.53 Å².